The maximum atomic E-state index is 11.4. The third kappa shape index (κ3) is 5.67. The highest BCUT2D eigenvalue weighted by molar-refractivity contribution is 5.85. The topological polar surface area (TPSA) is 131 Å². The van der Waals surface area contributed by atoms with Crippen LogP contribution in [0, 0.1) is 11.3 Å². The molecule has 4 heterocycles. The van der Waals surface area contributed by atoms with Crippen LogP contribution in [0.4, 0.5) is 10.6 Å². The monoisotopic (exact) mass is 493 g/mol. The van der Waals surface area contributed by atoms with Gasteiger partial charge >= 0.3 is 6.09 Å². The number of piperidine rings is 1. The summed E-state index contributed by atoms with van der Waals surface area (Å²) in [6, 6.07) is 8.01. The Kier molecular flexibility index (Phi) is 7.87. The molecular weight excluding hydrogens is 462 g/mol. The number of pyridine rings is 2. The first-order valence-corrected chi connectivity index (χ1v) is 11.9. The smallest absolute Gasteiger partial charge is 0.404 e. The van der Waals surface area contributed by atoms with Crippen LogP contribution in [0.1, 0.15) is 18.9 Å². The van der Waals surface area contributed by atoms with E-state index in [0.29, 0.717) is 49.6 Å². The number of rotatable bonds is 9. The molecule has 2 N–H and O–H groups in total. The van der Waals surface area contributed by atoms with Gasteiger partial charge in [-0.15, -0.1) is 0 Å². The fourth-order valence-corrected chi connectivity index (χ4v) is 4.31. The lowest BCUT2D eigenvalue weighted by Crippen LogP contribution is -2.51. The highest BCUT2D eigenvalue weighted by Gasteiger charge is 2.33. The minimum Gasteiger partial charge on any atom is -0.492 e. The summed E-state index contributed by atoms with van der Waals surface area (Å²) in [7, 11) is 3.95. The van der Waals surface area contributed by atoms with E-state index in [1.54, 1.807) is 23.1 Å². The van der Waals surface area contributed by atoms with E-state index >= 15 is 0 Å². The molecule has 1 saturated heterocycles. The van der Waals surface area contributed by atoms with Crippen LogP contribution in [0.25, 0.3) is 16.6 Å². The lowest BCUT2D eigenvalue weighted by molar-refractivity contribution is -0.0518. The fraction of sp³-hybridized carbons (Fsp3) is 0.440. The maximum absolute atomic E-state index is 11.4. The quantitative estimate of drug-likeness (QED) is 0.477. The Morgan fingerprint density at radius 3 is 2.81 bits per heavy atom. The molecule has 0 aliphatic carbocycles. The van der Waals surface area contributed by atoms with Gasteiger partial charge in [-0.1, -0.05) is 0 Å². The van der Waals surface area contributed by atoms with Gasteiger partial charge in [0, 0.05) is 43.4 Å². The lowest BCUT2D eigenvalue weighted by Gasteiger charge is -2.38. The number of nitrogens with zero attached hydrogens (tertiary/aromatic N) is 6. The van der Waals surface area contributed by atoms with Crippen molar-refractivity contribution in [3.05, 3.63) is 42.4 Å². The molecule has 2 atom stereocenters. The normalized spacial score (nSPS) is 17.8. The zero-order valence-corrected chi connectivity index (χ0v) is 20.8. The van der Waals surface area contributed by atoms with Crippen molar-refractivity contribution in [2.24, 2.45) is 5.73 Å². The zero-order chi connectivity index (χ0) is 25.7. The van der Waals surface area contributed by atoms with Crippen LogP contribution in [0.2, 0.25) is 0 Å². The number of nitrogens with two attached hydrogens (primary N) is 1. The van der Waals surface area contributed by atoms with E-state index in [9.17, 15) is 10.1 Å². The summed E-state index contributed by atoms with van der Waals surface area (Å²) < 4.78 is 18.7. The molecule has 0 aromatic carbocycles. The highest BCUT2D eigenvalue weighted by Crippen LogP contribution is 2.32. The average molecular weight is 494 g/mol. The van der Waals surface area contributed by atoms with Gasteiger partial charge in [0.25, 0.3) is 0 Å². The van der Waals surface area contributed by atoms with Crippen LogP contribution in [-0.2, 0) is 9.47 Å². The number of likely N-dealkylation sites (N-methyl/N-ethyl adjacent to an activating group) is 1. The Morgan fingerprint density at radius 2 is 2.14 bits per heavy atom. The number of hydrogen-bond acceptors (Lipinski definition) is 9. The number of fused-ring (bicyclic) bond motifs is 1. The van der Waals surface area contributed by atoms with Gasteiger partial charge in [-0.2, -0.15) is 10.4 Å². The molecule has 1 amide bonds. The number of carbonyl (C=O) groups excluding carboxylic acids is 1. The predicted octanol–water partition coefficient (Wildman–Crippen LogP) is 2.29. The Labute approximate surface area is 210 Å². The van der Waals surface area contributed by atoms with Gasteiger partial charge in [0.15, 0.2) is 0 Å². The molecule has 0 saturated carbocycles. The molecule has 0 bridgehead atoms. The van der Waals surface area contributed by atoms with Gasteiger partial charge in [-0.25, -0.2) is 14.3 Å². The summed E-state index contributed by atoms with van der Waals surface area (Å²) in [4.78, 5) is 20.2. The molecule has 36 heavy (non-hydrogen) atoms. The third-order valence-corrected chi connectivity index (χ3v) is 6.04. The number of ether oxygens (including phenoxy) is 3. The van der Waals surface area contributed by atoms with E-state index in [-0.39, 0.29) is 6.10 Å². The second-order valence-corrected chi connectivity index (χ2v) is 8.81. The van der Waals surface area contributed by atoms with Crippen molar-refractivity contribution in [3.8, 4) is 22.9 Å². The van der Waals surface area contributed by atoms with Crippen LogP contribution in [0.15, 0.2) is 36.8 Å². The second-order valence-electron chi connectivity index (χ2n) is 8.81. The predicted molar refractivity (Wildman–Crippen MR) is 134 cm³/mol. The largest absolute Gasteiger partial charge is 0.492 e. The molecular formula is C25H31N7O4. The summed E-state index contributed by atoms with van der Waals surface area (Å²) >= 11 is 0. The third-order valence-electron chi connectivity index (χ3n) is 6.04. The first-order chi connectivity index (χ1) is 17.4. The van der Waals surface area contributed by atoms with E-state index in [4.69, 9.17) is 24.9 Å². The maximum Gasteiger partial charge on any atom is 0.404 e. The van der Waals surface area contributed by atoms with Crippen LogP contribution >= 0.6 is 0 Å². The Balaban J connectivity index is 1.57. The fourth-order valence-electron chi connectivity index (χ4n) is 4.31. The van der Waals surface area contributed by atoms with Gasteiger partial charge in [-0.3, -0.25) is 0 Å². The van der Waals surface area contributed by atoms with Crippen molar-refractivity contribution in [2.75, 3.05) is 51.8 Å². The summed E-state index contributed by atoms with van der Waals surface area (Å²) in [5.41, 5.74) is 8.11. The van der Waals surface area contributed by atoms with Gasteiger partial charge in [0.05, 0.1) is 36.7 Å². The number of primary amides is 1. The molecule has 0 radical (unpaired) electrons. The molecule has 11 heteroatoms. The minimum atomic E-state index is -0.797. The summed E-state index contributed by atoms with van der Waals surface area (Å²) in [6.07, 6.45) is 4.15. The van der Waals surface area contributed by atoms with Crippen LogP contribution in [0.3, 0.4) is 0 Å². The van der Waals surface area contributed by atoms with Crippen LogP contribution in [-0.4, -0.2) is 84.7 Å². The number of amides is 1. The van der Waals surface area contributed by atoms with Crippen molar-refractivity contribution < 1.29 is 19.0 Å². The summed E-state index contributed by atoms with van der Waals surface area (Å²) in [5.74, 6) is 1.44. The number of aromatic nitrogens is 3. The average Bonchev–Trinajstić information content (AvgIpc) is 3.27. The van der Waals surface area contributed by atoms with E-state index < -0.39 is 12.2 Å². The van der Waals surface area contributed by atoms with Gasteiger partial charge in [0.2, 0.25) is 0 Å². The van der Waals surface area contributed by atoms with Crippen molar-refractivity contribution >= 4 is 17.4 Å². The summed E-state index contributed by atoms with van der Waals surface area (Å²) in [5, 5.41) is 13.9. The standard InChI is InChI=1S/C25H31N7O4/c1-4-34-19-11-20(24-18(12-26)14-29-32(24)15-19)17-5-6-23(28-13-17)31-8-7-21(36-25(27)33)22(16-31)35-10-9-30(2)3/h5-6,11,13-15,21-22H,4,7-10,16H2,1-3H3,(H2,27,33)/t21-,22-/m1/s1. The van der Waals surface area contributed by atoms with Gasteiger partial charge < -0.3 is 29.7 Å². The van der Waals surface area contributed by atoms with E-state index in [0.717, 1.165) is 23.5 Å². The Morgan fingerprint density at radius 1 is 1.31 bits per heavy atom. The van der Waals surface area contributed by atoms with Crippen molar-refractivity contribution in [1.29, 1.82) is 5.26 Å². The molecule has 4 rings (SSSR count). The number of hydrogen-bond donors (Lipinski definition) is 1. The molecule has 1 aliphatic heterocycles. The molecule has 3 aromatic heterocycles. The first kappa shape index (κ1) is 25.2. The highest BCUT2D eigenvalue weighted by atomic mass is 16.6. The van der Waals surface area contributed by atoms with Gasteiger partial charge in [-0.05, 0) is 39.2 Å². The molecule has 0 unspecified atom stereocenters. The van der Waals surface area contributed by atoms with E-state index in [2.05, 4.69) is 16.1 Å². The number of carbonyl (C=O) groups is 1. The Hall–Kier alpha value is -3.88. The molecule has 1 aliphatic rings. The SMILES string of the molecule is CCOc1cc(-c2ccc(N3CC[C@@H](OC(N)=O)[C@H](OCCN(C)C)C3)nc2)c2c(C#N)cnn2c1. The minimum absolute atomic E-state index is 0.319. The number of nitriles is 1. The second kappa shape index (κ2) is 11.2. The lowest BCUT2D eigenvalue weighted by atomic mass is 10.0. The first-order valence-electron chi connectivity index (χ1n) is 11.9. The van der Waals surface area contributed by atoms with E-state index in [1.807, 2.05) is 44.1 Å². The van der Waals surface area contributed by atoms with E-state index in [1.165, 1.54) is 0 Å². The zero-order valence-electron chi connectivity index (χ0n) is 20.8. The van der Waals surface area contributed by atoms with Crippen molar-refractivity contribution in [2.45, 2.75) is 25.6 Å². The number of anilines is 1. The molecule has 3 aromatic rings. The molecule has 190 valence electrons. The van der Waals surface area contributed by atoms with Crippen LogP contribution < -0.4 is 15.4 Å². The molecule has 11 nitrogen and oxygen atoms in total. The van der Waals surface area contributed by atoms with Crippen molar-refractivity contribution in [3.63, 3.8) is 0 Å². The Bertz CT molecular complexity index is 1240. The van der Waals surface area contributed by atoms with Gasteiger partial charge in [0.1, 0.15) is 29.8 Å². The van der Waals surface area contributed by atoms with Crippen LogP contribution in [0.5, 0.6) is 5.75 Å². The molecule has 0 spiro atoms. The summed E-state index contributed by atoms with van der Waals surface area (Å²) in [6.45, 7) is 4.85. The molecule has 1 fully saturated rings. The van der Waals surface area contributed by atoms with Crippen molar-refractivity contribution in [1.82, 2.24) is 19.5 Å².